The Balaban J connectivity index is 0.00000274. The monoisotopic (exact) mass is 1370 g/mol. The molecule has 40 nitrogen and oxygen atoms in total. The minimum atomic E-state index is -5.70. The van der Waals surface area contributed by atoms with Crippen LogP contribution in [0.25, 0.3) is 27.2 Å². The van der Waals surface area contributed by atoms with Gasteiger partial charge in [0.05, 0.1) is 32.3 Å². The van der Waals surface area contributed by atoms with Crippen molar-refractivity contribution in [1.29, 1.82) is 0 Å². The van der Waals surface area contributed by atoms with Crippen molar-refractivity contribution in [3.63, 3.8) is 0 Å². The highest BCUT2D eigenvalue weighted by Crippen LogP contribution is 2.49. The van der Waals surface area contributed by atoms with Gasteiger partial charge < -0.3 is 25.8 Å². The number of hydrogen-bond acceptors (Lipinski definition) is 32. The van der Waals surface area contributed by atoms with Crippen molar-refractivity contribution in [2.75, 3.05) is 5.73 Å². The van der Waals surface area contributed by atoms with Gasteiger partial charge in [-0.1, -0.05) is 6.07 Å². The average molecular weight is 1370 g/mol. The smallest absolute Gasteiger partial charge is 0.425 e. The van der Waals surface area contributed by atoms with Crippen LogP contribution >= 0.6 is 0 Å². The molecule has 0 radical (unpaired) electrons. The van der Waals surface area contributed by atoms with Gasteiger partial charge in [-0.15, -0.1) is 53.5 Å². The fourth-order valence-corrected chi connectivity index (χ4v) is 11.5. The molecule has 0 saturated heterocycles. The van der Waals surface area contributed by atoms with Crippen LogP contribution in [-0.2, 0) is 76.1 Å². The Hall–Kier alpha value is -10.2. The van der Waals surface area contributed by atoms with Gasteiger partial charge in [-0.3, -0.25) is 42.2 Å². The number of nitro groups is 1. The molecular formula is C42H28N12O28S7. The Morgan fingerprint density at radius 2 is 1.04 bits per heavy atom. The number of benzene rings is 7. The molecule has 0 aliphatic heterocycles. The second-order valence-corrected chi connectivity index (χ2v) is 25.5. The predicted octanol–water partition coefficient (Wildman–Crippen LogP) is 6.46. The number of hydrogen-bond donors (Lipinski definition) is 10. The van der Waals surface area contributed by atoms with Crippen LogP contribution < -0.4 is 10.5 Å². The topological polar surface area (TPSA) is 650 Å². The molecule has 0 amide bonds. The van der Waals surface area contributed by atoms with E-state index in [2.05, 4.69) is 46.0 Å². The zero-order valence-corrected chi connectivity index (χ0v) is 48.2. The van der Waals surface area contributed by atoms with Crippen LogP contribution in [0.2, 0.25) is 0 Å². The van der Waals surface area contributed by atoms with E-state index >= 15 is 0 Å². The Kier molecular flexibility index (Phi) is 18.3. The van der Waals surface area contributed by atoms with Crippen molar-refractivity contribution in [2.45, 2.75) is 29.4 Å². The third-order valence-corrected chi connectivity index (χ3v) is 16.6. The number of aromatic hydroxyl groups is 3. The van der Waals surface area contributed by atoms with E-state index in [0.29, 0.717) is 41.1 Å². The van der Waals surface area contributed by atoms with E-state index in [1.54, 1.807) is 0 Å². The van der Waals surface area contributed by atoms with Crippen molar-refractivity contribution < 1.29 is 120 Å². The highest BCUT2D eigenvalue weighted by atomic mass is 32.2. The van der Waals surface area contributed by atoms with E-state index in [1.807, 2.05) is 0 Å². The summed E-state index contributed by atoms with van der Waals surface area (Å²) in [5, 5.41) is 75.2. The van der Waals surface area contributed by atoms with Crippen LogP contribution in [0.5, 0.6) is 23.3 Å². The maximum absolute atomic E-state index is 13.1. The molecule has 466 valence electrons. The fraction of sp³-hybridized carbons (Fsp3) is 0. The van der Waals surface area contributed by atoms with E-state index in [0.717, 1.165) is 60.7 Å². The number of aromatic nitrogens is 2. The zero-order valence-electron chi connectivity index (χ0n) is 42.5. The van der Waals surface area contributed by atoms with Crippen molar-refractivity contribution >= 4 is 156 Å². The SMILES string of the molecule is Nc1c(N=Nc2ccc3c(O)c(N=Nc4ccc(S(=O)(=O)O)c(N=Nc5c(OC=O)nn(-c6ccc(S(=O)(=O)O)cc6)c5O)c4)c(S(=O)(=O)O)cc3c2S(=O)(=O)O)cc(S(=O)(=O)O)c2ccc(N=Nc3ccc([N+](=O)[O-])cc3S(=O)(=O)O)c(O)c12.O=S(=O)=O. The minimum Gasteiger partial charge on any atom is -0.505 e. The number of fused-ring (bicyclic) bond motifs is 2. The third kappa shape index (κ3) is 14.6. The summed E-state index contributed by atoms with van der Waals surface area (Å²) in [7, 11) is -34.9. The van der Waals surface area contributed by atoms with Gasteiger partial charge in [-0.05, 0) is 78.9 Å². The highest BCUT2D eigenvalue weighted by molar-refractivity contribution is 7.87. The summed E-state index contributed by atoms with van der Waals surface area (Å²) in [6.07, 6.45) is 0. The third-order valence-electron chi connectivity index (χ3n) is 11.3. The minimum absolute atomic E-state index is 0.134. The lowest BCUT2D eigenvalue weighted by Crippen LogP contribution is -2.03. The highest BCUT2D eigenvalue weighted by Gasteiger charge is 2.30. The normalized spacial score (nSPS) is 12.7. The van der Waals surface area contributed by atoms with Crippen LogP contribution in [0.3, 0.4) is 0 Å². The Bertz CT molecular complexity index is 5330. The van der Waals surface area contributed by atoms with E-state index in [9.17, 15) is 108 Å². The molecule has 8 aromatic rings. The summed E-state index contributed by atoms with van der Waals surface area (Å²) < 4.78 is 240. The summed E-state index contributed by atoms with van der Waals surface area (Å²) in [6.45, 7) is -0.180. The van der Waals surface area contributed by atoms with E-state index in [1.165, 1.54) is 0 Å². The molecule has 0 spiro atoms. The fourth-order valence-electron chi connectivity index (χ4n) is 7.60. The van der Waals surface area contributed by atoms with Gasteiger partial charge in [0.15, 0.2) is 11.5 Å². The number of phenolic OH excluding ortho intramolecular Hbond substituents is 2. The number of carbonyl (C=O) groups is 1. The molecule has 0 bridgehead atoms. The molecule has 89 heavy (non-hydrogen) atoms. The van der Waals surface area contributed by atoms with Crippen molar-refractivity contribution in [1.82, 2.24) is 9.78 Å². The van der Waals surface area contributed by atoms with E-state index < -0.39 is 207 Å². The van der Waals surface area contributed by atoms with Crippen molar-refractivity contribution in [3.8, 4) is 28.9 Å². The second kappa shape index (κ2) is 24.5. The molecule has 0 saturated carbocycles. The van der Waals surface area contributed by atoms with Crippen LogP contribution in [-0.4, -0.2) is 127 Å². The number of phenols is 2. The van der Waals surface area contributed by atoms with E-state index in [-0.39, 0.29) is 12.2 Å². The Morgan fingerprint density at radius 3 is 1.61 bits per heavy atom. The number of ether oxygens (including phenoxy) is 1. The van der Waals surface area contributed by atoms with Gasteiger partial charge in [-0.25, -0.2) is 0 Å². The molecule has 0 unspecified atom stereocenters. The predicted molar refractivity (Wildman–Crippen MR) is 292 cm³/mol. The number of anilines is 1. The first-order valence-electron chi connectivity index (χ1n) is 22.3. The molecule has 47 heteroatoms. The van der Waals surface area contributed by atoms with Crippen molar-refractivity contribution in [2.24, 2.45) is 40.9 Å². The first kappa shape index (κ1) is 66.3. The maximum Gasteiger partial charge on any atom is 0.425 e. The lowest BCUT2D eigenvalue weighted by molar-refractivity contribution is -0.385. The molecule has 0 aliphatic carbocycles. The van der Waals surface area contributed by atoms with Gasteiger partial charge >= 0.3 is 10.6 Å². The number of carbonyl (C=O) groups excluding carboxylic acids is 1. The summed E-state index contributed by atoms with van der Waals surface area (Å²) in [6, 6.07) is 12.1. The summed E-state index contributed by atoms with van der Waals surface area (Å²) in [5.74, 6) is -4.17. The first-order chi connectivity index (χ1) is 41.1. The summed E-state index contributed by atoms with van der Waals surface area (Å²) >= 11 is 0. The molecule has 8 rings (SSSR count). The number of nitro benzene ring substituents is 1. The average Bonchev–Trinajstić information content (AvgIpc) is 1.36. The molecule has 0 aliphatic rings. The Morgan fingerprint density at radius 1 is 0.517 bits per heavy atom. The number of nitrogen functional groups attached to an aromatic ring is 1. The van der Waals surface area contributed by atoms with Crippen LogP contribution in [0.4, 0.5) is 56.9 Å². The summed E-state index contributed by atoms with van der Waals surface area (Å²) in [5.41, 5.74) is -1.93. The van der Waals surface area contributed by atoms with Crippen LogP contribution in [0.15, 0.2) is 167 Å². The molecule has 7 aromatic carbocycles. The number of nitrogens with two attached hydrogens (primary N) is 1. The molecule has 1 aromatic heterocycles. The van der Waals surface area contributed by atoms with Crippen LogP contribution in [0, 0.1) is 10.1 Å². The van der Waals surface area contributed by atoms with Gasteiger partial charge in [0.1, 0.15) is 58.6 Å². The second-order valence-electron chi connectivity index (χ2n) is 16.8. The van der Waals surface area contributed by atoms with Crippen LogP contribution in [0.1, 0.15) is 0 Å². The number of rotatable bonds is 18. The largest absolute Gasteiger partial charge is 0.505 e. The molecular weight excluding hydrogens is 1340 g/mol. The van der Waals surface area contributed by atoms with Crippen molar-refractivity contribution in [3.05, 3.63) is 107 Å². The lowest BCUT2D eigenvalue weighted by atomic mass is 10.1. The zero-order chi connectivity index (χ0) is 66.3. The number of azo groups is 4. The summed E-state index contributed by atoms with van der Waals surface area (Å²) in [4.78, 5) is 14.9. The maximum atomic E-state index is 13.1. The number of nitrogens with zero attached hydrogens (tertiary/aromatic N) is 11. The molecule has 0 atom stereocenters. The van der Waals surface area contributed by atoms with E-state index in [4.69, 9.17) is 23.1 Å². The van der Waals surface area contributed by atoms with Gasteiger partial charge in [0.2, 0.25) is 11.6 Å². The van der Waals surface area contributed by atoms with Gasteiger partial charge in [-0.2, -0.15) is 60.3 Å². The molecule has 1 heterocycles. The molecule has 11 N–H and O–H groups in total. The van der Waals surface area contributed by atoms with Gasteiger partial charge in [0, 0.05) is 28.3 Å². The molecule has 0 fully saturated rings. The Labute approximate surface area is 495 Å². The van der Waals surface area contributed by atoms with Gasteiger partial charge in [0.25, 0.3) is 78.7 Å². The lowest BCUT2D eigenvalue weighted by Gasteiger charge is -2.13. The quantitative estimate of drug-likeness (QED) is 0.0110. The number of non-ortho nitro benzene ring substituents is 1. The first-order valence-corrected chi connectivity index (χ1v) is 31.9. The standard InChI is InChI=1S/C42H28N12O25S6.O3S/c43-35-29(16-31(82(67,68)69)23-8-10-26(39(57)34(23)35)46-45-25-9-4-20(54(59)60)14-32(25)83(70,71)72)49-47-27-11-7-22-24(40(27)85(76,77)78)15-33(84(73,74)75)36(38(22)56)50-44-18-1-12-30(81(64,65)66)28(13-18)48-51-37-41(79-17-55)52-53(42(37)58)19-2-5-21(6-3-19)80(61,62)63;1-4(2)3/h1-17,56-58H,43H2,(H,61,62,63)(H,64,65,66)(H,67,68,69)(H,70,71,72)(H,73,74,75)(H,76,77,78);.